The normalized spacial score (nSPS) is 11.1. The van der Waals surface area contributed by atoms with Crippen molar-refractivity contribution >= 4 is 34.8 Å². The van der Waals surface area contributed by atoms with Crippen molar-refractivity contribution in [3.63, 3.8) is 0 Å². The van der Waals surface area contributed by atoms with Gasteiger partial charge in [-0.25, -0.2) is 5.43 Å². The number of hydrogen-bond donors (Lipinski definition) is 5. The van der Waals surface area contributed by atoms with Crippen molar-refractivity contribution < 1.29 is 24.9 Å². The third kappa shape index (κ3) is 5.31. The van der Waals surface area contributed by atoms with Crippen LogP contribution in [0.2, 0.25) is 5.02 Å². The Hall–Kier alpha value is -4.04. The zero-order valence-corrected chi connectivity index (χ0v) is 17.0. The van der Waals surface area contributed by atoms with Crippen LogP contribution in [0, 0.1) is 0 Å². The number of phenolic OH excluding ortho intramolecular Hbond substituents is 3. The highest BCUT2D eigenvalue weighted by Crippen LogP contribution is 2.35. The number of benzene rings is 3. The Morgan fingerprint density at radius 3 is 1.94 bits per heavy atom. The number of nitrogens with one attached hydrogen (secondary N) is 2. The van der Waals surface area contributed by atoms with E-state index in [-0.39, 0.29) is 11.5 Å². The van der Waals surface area contributed by atoms with Crippen LogP contribution in [0.25, 0.3) is 0 Å². The molecule has 0 aliphatic heterocycles. The first-order valence-corrected chi connectivity index (χ1v) is 9.39. The lowest BCUT2D eigenvalue weighted by Crippen LogP contribution is -2.19. The van der Waals surface area contributed by atoms with Gasteiger partial charge in [-0.3, -0.25) is 9.59 Å². The molecule has 3 aromatic rings. The summed E-state index contributed by atoms with van der Waals surface area (Å²) in [4.78, 5) is 24.4. The van der Waals surface area contributed by atoms with Crippen LogP contribution in [0.3, 0.4) is 0 Å². The van der Waals surface area contributed by atoms with Gasteiger partial charge in [0, 0.05) is 21.8 Å². The number of anilines is 1. The first kappa shape index (κ1) is 21.7. The van der Waals surface area contributed by atoms with Gasteiger partial charge in [0.25, 0.3) is 11.8 Å². The number of hydrazone groups is 1. The Kier molecular flexibility index (Phi) is 6.42. The van der Waals surface area contributed by atoms with E-state index in [2.05, 4.69) is 15.8 Å². The van der Waals surface area contributed by atoms with Crippen LogP contribution < -0.4 is 10.7 Å². The van der Waals surface area contributed by atoms with Gasteiger partial charge < -0.3 is 20.6 Å². The standard InChI is InChI=1S/C22H18ClN3O5/c1-12(25-26-22(31)15-10-18(27)20(29)19(28)11-15)13-4-8-17(9-5-13)24-21(30)14-2-6-16(23)7-3-14/h2-11,27-29H,1H3,(H,24,30)(H,26,31)/b25-12-. The number of phenols is 3. The molecule has 158 valence electrons. The Bertz CT molecular complexity index is 1140. The maximum absolute atomic E-state index is 12.2. The molecular weight excluding hydrogens is 422 g/mol. The fraction of sp³-hybridized carbons (Fsp3) is 0.0455. The molecule has 9 heteroatoms. The first-order chi connectivity index (χ1) is 14.7. The maximum Gasteiger partial charge on any atom is 0.271 e. The van der Waals surface area contributed by atoms with E-state index in [0.717, 1.165) is 12.1 Å². The van der Waals surface area contributed by atoms with Crippen LogP contribution >= 0.6 is 11.6 Å². The highest BCUT2D eigenvalue weighted by atomic mass is 35.5. The molecule has 0 aliphatic carbocycles. The second-order valence-corrected chi connectivity index (χ2v) is 6.98. The average molecular weight is 440 g/mol. The van der Waals surface area contributed by atoms with Crippen molar-refractivity contribution in [2.45, 2.75) is 6.92 Å². The minimum Gasteiger partial charge on any atom is -0.504 e. The van der Waals surface area contributed by atoms with Gasteiger partial charge in [0.1, 0.15) is 0 Å². The summed E-state index contributed by atoms with van der Waals surface area (Å²) < 4.78 is 0. The molecule has 0 unspecified atom stereocenters. The monoisotopic (exact) mass is 439 g/mol. The number of amides is 2. The van der Waals surface area contributed by atoms with Crippen molar-refractivity contribution in [1.82, 2.24) is 5.43 Å². The van der Waals surface area contributed by atoms with Crippen LogP contribution in [0.15, 0.2) is 65.8 Å². The van der Waals surface area contributed by atoms with Gasteiger partial charge in [0.05, 0.1) is 5.71 Å². The van der Waals surface area contributed by atoms with E-state index < -0.39 is 23.2 Å². The number of hydrogen-bond acceptors (Lipinski definition) is 6. The molecule has 8 nitrogen and oxygen atoms in total. The van der Waals surface area contributed by atoms with E-state index in [4.69, 9.17) is 11.6 Å². The largest absolute Gasteiger partial charge is 0.504 e. The smallest absolute Gasteiger partial charge is 0.271 e. The molecule has 0 aliphatic rings. The Balaban J connectivity index is 1.64. The van der Waals surface area contributed by atoms with E-state index >= 15 is 0 Å². The lowest BCUT2D eigenvalue weighted by molar-refractivity contribution is 0.0953. The average Bonchev–Trinajstić information content (AvgIpc) is 2.76. The summed E-state index contributed by atoms with van der Waals surface area (Å²) in [5.41, 5.74) is 4.46. The van der Waals surface area contributed by atoms with Gasteiger partial charge >= 0.3 is 0 Å². The molecule has 31 heavy (non-hydrogen) atoms. The molecule has 0 atom stereocenters. The SMILES string of the molecule is C/C(=N/NC(=O)c1cc(O)c(O)c(O)c1)c1ccc(NC(=O)c2ccc(Cl)cc2)cc1. The van der Waals surface area contributed by atoms with E-state index in [9.17, 15) is 24.9 Å². The van der Waals surface area contributed by atoms with E-state index in [1.807, 2.05) is 0 Å². The van der Waals surface area contributed by atoms with Gasteiger partial charge in [0.15, 0.2) is 17.2 Å². The molecule has 0 fully saturated rings. The van der Waals surface area contributed by atoms with Crippen LogP contribution in [0.5, 0.6) is 17.2 Å². The number of rotatable bonds is 5. The molecule has 0 saturated carbocycles. The lowest BCUT2D eigenvalue weighted by atomic mass is 10.1. The Morgan fingerprint density at radius 1 is 0.806 bits per heavy atom. The number of aromatic hydroxyl groups is 3. The number of carbonyl (C=O) groups excluding carboxylic acids is 2. The Morgan fingerprint density at radius 2 is 1.35 bits per heavy atom. The summed E-state index contributed by atoms with van der Waals surface area (Å²) in [7, 11) is 0. The van der Waals surface area contributed by atoms with E-state index in [1.54, 1.807) is 55.5 Å². The third-order valence-corrected chi connectivity index (χ3v) is 4.58. The van der Waals surface area contributed by atoms with Crippen LogP contribution in [0.4, 0.5) is 5.69 Å². The van der Waals surface area contributed by atoms with Crippen molar-refractivity contribution in [1.29, 1.82) is 0 Å². The number of nitrogens with zero attached hydrogens (tertiary/aromatic N) is 1. The molecule has 5 N–H and O–H groups in total. The minimum atomic E-state index is -0.709. The summed E-state index contributed by atoms with van der Waals surface area (Å²) in [6, 6.07) is 15.4. The molecule has 3 aromatic carbocycles. The summed E-state index contributed by atoms with van der Waals surface area (Å²) in [6.45, 7) is 1.67. The first-order valence-electron chi connectivity index (χ1n) is 9.01. The van der Waals surface area contributed by atoms with E-state index in [0.29, 0.717) is 27.5 Å². The second-order valence-electron chi connectivity index (χ2n) is 6.54. The molecule has 0 radical (unpaired) electrons. The minimum absolute atomic E-state index is 0.0791. The highest BCUT2D eigenvalue weighted by Gasteiger charge is 2.13. The fourth-order valence-electron chi connectivity index (χ4n) is 2.60. The number of halogens is 1. The van der Waals surface area contributed by atoms with Crippen molar-refractivity contribution in [3.05, 3.63) is 82.4 Å². The summed E-state index contributed by atoms with van der Waals surface area (Å²) in [5, 5.41) is 35.6. The zero-order valence-electron chi connectivity index (χ0n) is 16.3. The molecule has 0 saturated heterocycles. The molecule has 0 bridgehead atoms. The molecule has 2 amide bonds. The summed E-state index contributed by atoms with van der Waals surface area (Å²) in [5.74, 6) is -2.91. The Labute approximate surface area is 182 Å². The summed E-state index contributed by atoms with van der Waals surface area (Å²) >= 11 is 5.82. The molecular formula is C22H18ClN3O5. The topological polar surface area (TPSA) is 131 Å². The fourth-order valence-corrected chi connectivity index (χ4v) is 2.72. The maximum atomic E-state index is 12.2. The van der Waals surface area contributed by atoms with E-state index in [1.165, 1.54) is 0 Å². The predicted octanol–water partition coefficient (Wildman–Crippen LogP) is 3.86. The van der Waals surface area contributed by atoms with Crippen molar-refractivity contribution in [3.8, 4) is 17.2 Å². The second kappa shape index (κ2) is 9.19. The molecule has 0 spiro atoms. The van der Waals surface area contributed by atoms with Crippen molar-refractivity contribution in [2.24, 2.45) is 5.10 Å². The van der Waals surface area contributed by atoms with Gasteiger partial charge in [-0.05, 0) is 61.0 Å². The number of carbonyl (C=O) groups is 2. The highest BCUT2D eigenvalue weighted by molar-refractivity contribution is 6.30. The van der Waals surface area contributed by atoms with Crippen molar-refractivity contribution in [2.75, 3.05) is 5.32 Å². The van der Waals surface area contributed by atoms with Gasteiger partial charge in [0.2, 0.25) is 0 Å². The van der Waals surface area contributed by atoms with Gasteiger partial charge in [-0.1, -0.05) is 23.7 Å². The quantitative estimate of drug-likeness (QED) is 0.234. The molecule has 0 heterocycles. The van der Waals surface area contributed by atoms with Crippen LogP contribution in [-0.2, 0) is 0 Å². The lowest BCUT2D eigenvalue weighted by Gasteiger charge is -2.08. The van der Waals surface area contributed by atoms with Gasteiger partial charge in [-0.2, -0.15) is 5.10 Å². The third-order valence-electron chi connectivity index (χ3n) is 4.32. The van der Waals surface area contributed by atoms with Crippen LogP contribution in [-0.4, -0.2) is 32.8 Å². The summed E-state index contributed by atoms with van der Waals surface area (Å²) in [6.07, 6.45) is 0. The molecule has 3 rings (SSSR count). The van der Waals surface area contributed by atoms with Crippen LogP contribution in [0.1, 0.15) is 33.2 Å². The predicted molar refractivity (Wildman–Crippen MR) is 117 cm³/mol. The zero-order chi connectivity index (χ0) is 22.5. The van der Waals surface area contributed by atoms with Gasteiger partial charge in [-0.15, -0.1) is 0 Å². The molecule has 0 aromatic heterocycles.